The van der Waals surface area contributed by atoms with Gasteiger partial charge in [-0.25, -0.2) is 0 Å². The van der Waals surface area contributed by atoms with E-state index in [-0.39, 0.29) is 0 Å². The van der Waals surface area contributed by atoms with Crippen molar-refractivity contribution in [2.75, 3.05) is 0 Å². The van der Waals surface area contributed by atoms with Gasteiger partial charge in [-0.05, 0) is 34.4 Å². The molecule has 2 aromatic carbocycles. The van der Waals surface area contributed by atoms with Crippen molar-refractivity contribution >= 4 is 22.5 Å². The maximum absolute atomic E-state index is 4.22. The Hall–Kier alpha value is -2.38. The lowest BCUT2D eigenvalue weighted by molar-refractivity contribution is 1.61. The van der Waals surface area contributed by atoms with Crippen molar-refractivity contribution in [2.24, 2.45) is 0 Å². The van der Waals surface area contributed by atoms with E-state index < -0.39 is 0 Å². The van der Waals surface area contributed by atoms with Crippen LogP contribution in [0.3, 0.4) is 0 Å². The second kappa shape index (κ2) is 5.94. The number of hydrogen-bond acceptors (Lipinski definition) is 1. The van der Waals surface area contributed by atoms with Crippen molar-refractivity contribution in [3.05, 3.63) is 107 Å². The SMILES string of the molecule is C=C(c1ccccc1)c1ccc(C(=C)c2ccccc2)s1. The van der Waals surface area contributed by atoms with E-state index in [0.29, 0.717) is 0 Å². The summed E-state index contributed by atoms with van der Waals surface area (Å²) in [5, 5.41) is 0. The van der Waals surface area contributed by atoms with Gasteiger partial charge in [-0.1, -0.05) is 73.8 Å². The molecule has 0 saturated carbocycles. The van der Waals surface area contributed by atoms with Gasteiger partial charge >= 0.3 is 0 Å². The highest BCUT2D eigenvalue weighted by Gasteiger charge is 2.09. The van der Waals surface area contributed by atoms with E-state index in [2.05, 4.69) is 49.6 Å². The lowest BCUT2D eigenvalue weighted by Gasteiger charge is -2.04. The van der Waals surface area contributed by atoms with Gasteiger partial charge in [0.15, 0.2) is 0 Å². The second-order valence-electron chi connectivity index (χ2n) is 4.85. The summed E-state index contributed by atoms with van der Waals surface area (Å²) in [6.07, 6.45) is 0. The predicted octanol–water partition coefficient (Wildman–Crippen LogP) is 5.87. The average molecular weight is 288 g/mol. The van der Waals surface area contributed by atoms with E-state index in [9.17, 15) is 0 Å². The fourth-order valence-corrected chi connectivity index (χ4v) is 3.22. The van der Waals surface area contributed by atoms with E-state index in [1.165, 1.54) is 9.75 Å². The Bertz CT molecular complexity index is 698. The molecule has 3 aromatic rings. The summed E-state index contributed by atoms with van der Waals surface area (Å²) in [5.74, 6) is 0. The zero-order chi connectivity index (χ0) is 14.7. The van der Waals surface area contributed by atoms with Gasteiger partial charge < -0.3 is 0 Å². The van der Waals surface area contributed by atoms with Crippen LogP contribution in [0.1, 0.15) is 20.9 Å². The highest BCUT2D eigenvalue weighted by Crippen LogP contribution is 2.33. The molecule has 0 radical (unpaired) electrons. The molecule has 0 atom stereocenters. The number of thiophene rings is 1. The predicted molar refractivity (Wildman–Crippen MR) is 93.5 cm³/mol. The van der Waals surface area contributed by atoms with Crippen molar-refractivity contribution in [3.8, 4) is 0 Å². The van der Waals surface area contributed by atoms with Crippen LogP contribution in [0.4, 0.5) is 0 Å². The summed E-state index contributed by atoms with van der Waals surface area (Å²) in [6, 6.07) is 24.8. The summed E-state index contributed by atoms with van der Waals surface area (Å²) in [7, 11) is 0. The normalized spacial score (nSPS) is 10.3. The van der Waals surface area contributed by atoms with Crippen LogP contribution in [0.25, 0.3) is 11.1 Å². The highest BCUT2D eigenvalue weighted by atomic mass is 32.1. The van der Waals surface area contributed by atoms with Crippen molar-refractivity contribution in [2.45, 2.75) is 0 Å². The molecule has 0 amide bonds. The molecule has 21 heavy (non-hydrogen) atoms. The standard InChI is InChI=1S/C20H16S/c1-15(17-9-5-3-6-10-17)19-13-14-20(21-19)16(2)18-11-7-4-8-12-18/h3-14H,1-2H2. The Balaban J connectivity index is 1.87. The smallest absolute Gasteiger partial charge is 0.0349 e. The van der Waals surface area contributed by atoms with Crippen molar-refractivity contribution in [1.82, 2.24) is 0 Å². The van der Waals surface area contributed by atoms with E-state index in [0.717, 1.165) is 22.3 Å². The number of benzene rings is 2. The molecule has 0 bridgehead atoms. The van der Waals surface area contributed by atoms with E-state index in [1.807, 2.05) is 36.4 Å². The molecule has 1 heterocycles. The van der Waals surface area contributed by atoms with Crippen LogP contribution in [0.5, 0.6) is 0 Å². The molecule has 0 aliphatic carbocycles. The lowest BCUT2D eigenvalue weighted by Crippen LogP contribution is -1.81. The molecule has 3 rings (SSSR count). The van der Waals surface area contributed by atoms with Gasteiger partial charge in [0.2, 0.25) is 0 Å². The van der Waals surface area contributed by atoms with Crippen LogP contribution >= 0.6 is 11.3 Å². The lowest BCUT2D eigenvalue weighted by atomic mass is 10.1. The quantitative estimate of drug-likeness (QED) is 0.563. The average Bonchev–Trinajstić information content (AvgIpc) is 3.05. The summed E-state index contributed by atoms with van der Waals surface area (Å²) < 4.78 is 0. The van der Waals surface area contributed by atoms with Crippen molar-refractivity contribution in [1.29, 1.82) is 0 Å². The minimum atomic E-state index is 1.06. The molecule has 0 saturated heterocycles. The maximum Gasteiger partial charge on any atom is 0.0349 e. The largest absolute Gasteiger partial charge is 0.135 e. The van der Waals surface area contributed by atoms with Crippen LogP contribution in [-0.2, 0) is 0 Å². The molecular weight excluding hydrogens is 272 g/mol. The molecule has 0 spiro atoms. The van der Waals surface area contributed by atoms with Gasteiger partial charge in [-0.2, -0.15) is 0 Å². The number of hydrogen-bond donors (Lipinski definition) is 0. The fraction of sp³-hybridized carbons (Fsp3) is 0. The first-order valence-electron chi connectivity index (χ1n) is 6.85. The Morgan fingerprint density at radius 1 is 0.571 bits per heavy atom. The molecule has 0 fully saturated rings. The van der Waals surface area contributed by atoms with Crippen LogP contribution in [-0.4, -0.2) is 0 Å². The summed E-state index contributed by atoms with van der Waals surface area (Å²) in [6.45, 7) is 8.44. The molecular formula is C20H16S. The van der Waals surface area contributed by atoms with Crippen LogP contribution in [0, 0.1) is 0 Å². The van der Waals surface area contributed by atoms with Crippen molar-refractivity contribution < 1.29 is 0 Å². The van der Waals surface area contributed by atoms with E-state index in [1.54, 1.807) is 11.3 Å². The molecule has 0 nitrogen and oxygen atoms in total. The van der Waals surface area contributed by atoms with Crippen molar-refractivity contribution in [3.63, 3.8) is 0 Å². The minimum absolute atomic E-state index is 1.06. The first-order chi connectivity index (χ1) is 10.3. The monoisotopic (exact) mass is 288 g/mol. The molecule has 0 N–H and O–H groups in total. The van der Waals surface area contributed by atoms with Gasteiger partial charge in [-0.3, -0.25) is 0 Å². The topological polar surface area (TPSA) is 0 Å². The van der Waals surface area contributed by atoms with E-state index >= 15 is 0 Å². The molecule has 0 unspecified atom stereocenters. The van der Waals surface area contributed by atoms with Gasteiger partial charge in [0.25, 0.3) is 0 Å². The van der Waals surface area contributed by atoms with Gasteiger partial charge in [0.05, 0.1) is 0 Å². The Morgan fingerprint density at radius 3 is 1.33 bits per heavy atom. The third kappa shape index (κ3) is 2.88. The number of rotatable bonds is 4. The fourth-order valence-electron chi connectivity index (χ4n) is 2.23. The third-order valence-electron chi connectivity index (χ3n) is 3.45. The van der Waals surface area contributed by atoms with Crippen LogP contribution in [0.15, 0.2) is 86.0 Å². The molecule has 0 aliphatic heterocycles. The molecule has 0 aliphatic rings. The minimum Gasteiger partial charge on any atom is -0.135 e. The Morgan fingerprint density at radius 2 is 0.952 bits per heavy atom. The van der Waals surface area contributed by atoms with E-state index in [4.69, 9.17) is 0 Å². The second-order valence-corrected chi connectivity index (χ2v) is 5.94. The molecule has 1 heteroatoms. The van der Waals surface area contributed by atoms with Crippen LogP contribution in [0.2, 0.25) is 0 Å². The first kappa shape index (κ1) is 13.6. The summed E-state index contributed by atoms with van der Waals surface area (Å²) in [4.78, 5) is 2.38. The van der Waals surface area contributed by atoms with Gasteiger partial charge in [-0.15, -0.1) is 11.3 Å². The Labute approximate surface area is 129 Å². The maximum atomic E-state index is 4.22. The molecule has 1 aromatic heterocycles. The first-order valence-corrected chi connectivity index (χ1v) is 7.66. The van der Waals surface area contributed by atoms with Gasteiger partial charge in [0.1, 0.15) is 0 Å². The zero-order valence-electron chi connectivity index (χ0n) is 11.8. The summed E-state index contributed by atoms with van der Waals surface area (Å²) in [5.41, 5.74) is 4.45. The molecule has 102 valence electrons. The third-order valence-corrected chi connectivity index (χ3v) is 4.65. The Kier molecular flexibility index (Phi) is 3.85. The summed E-state index contributed by atoms with van der Waals surface area (Å²) >= 11 is 1.74. The van der Waals surface area contributed by atoms with Gasteiger partial charge in [0, 0.05) is 9.75 Å². The zero-order valence-corrected chi connectivity index (χ0v) is 12.6. The van der Waals surface area contributed by atoms with Crippen LogP contribution < -0.4 is 0 Å². The highest BCUT2D eigenvalue weighted by molar-refractivity contribution is 7.14.